The summed E-state index contributed by atoms with van der Waals surface area (Å²) in [5, 5.41) is 11.7. The van der Waals surface area contributed by atoms with Crippen LogP contribution >= 0.6 is 15.9 Å². The number of carbonyl (C=O) groups is 1. The topological polar surface area (TPSA) is 67.3 Å². The highest BCUT2D eigenvalue weighted by atomic mass is 79.9. The molecule has 0 aromatic carbocycles. The van der Waals surface area contributed by atoms with Gasteiger partial charge in [-0.3, -0.25) is 0 Å². The predicted octanol–water partition coefficient (Wildman–Crippen LogP) is 3.26. The zero-order valence-corrected chi connectivity index (χ0v) is 16.0. The van der Waals surface area contributed by atoms with E-state index in [1.807, 2.05) is 37.8 Å². The molecule has 0 aliphatic carbocycles. The molecule has 3 rings (SSSR count). The number of piperidine rings is 1. The van der Waals surface area contributed by atoms with E-state index in [-0.39, 0.29) is 18.2 Å². The van der Waals surface area contributed by atoms with Gasteiger partial charge in [0.1, 0.15) is 10.2 Å². The van der Waals surface area contributed by atoms with E-state index >= 15 is 0 Å². The smallest absolute Gasteiger partial charge is 0.410 e. The molecule has 24 heavy (non-hydrogen) atoms. The van der Waals surface area contributed by atoms with Crippen LogP contribution in [0.25, 0.3) is 0 Å². The monoisotopic (exact) mass is 396 g/mol. The highest BCUT2D eigenvalue weighted by molar-refractivity contribution is 9.10. The van der Waals surface area contributed by atoms with Gasteiger partial charge < -0.3 is 15.0 Å². The van der Waals surface area contributed by atoms with E-state index in [1.54, 1.807) is 0 Å². The Balaban J connectivity index is 1.55. The fourth-order valence-corrected chi connectivity index (χ4v) is 3.85. The Morgan fingerprint density at radius 2 is 1.96 bits per heavy atom. The molecule has 0 saturated carbocycles. The lowest BCUT2D eigenvalue weighted by atomic mass is 9.97. The highest BCUT2D eigenvalue weighted by Crippen LogP contribution is 2.36. The van der Waals surface area contributed by atoms with Crippen molar-refractivity contribution in [2.24, 2.45) is 0 Å². The lowest BCUT2D eigenvalue weighted by Crippen LogP contribution is -2.52. The Morgan fingerprint density at radius 1 is 1.29 bits per heavy atom. The molecule has 2 atom stereocenters. The summed E-state index contributed by atoms with van der Waals surface area (Å²) in [5.74, 6) is 0. The predicted molar refractivity (Wildman–Crippen MR) is 94.5 cm³/mol. The van der Waals surface area contributed by atoms with Crippen LogP contribution in [0.3, 0.4) is 0 Å². The molecule has 1 aromatic rings. The summed E-state index contributed by atoms with van der Waals surface area (Å²) in [6, 6.07) is 4.85. The molecule has 1 amide bonds. The summed E-state index contributed by atoms with van der Waals surface area (Å²) in [6.45, 7) is 6.46. The number of fused-ring (bicyclic) bond motifs is 2. The van der Waals surface area contributed by atoms with Crippen LogP contribution in [0.5, 0.6) is 0 Å². The van der Waals surface area contributed by atoms with Gasteiger partial charge in [0.2, 0.25) is 0 Å². The number of aromatic nitrogens is 2. The second kappa shape index (κ2) is 6.96. The molecule has 0 radical (unpaired) electrons. The lowest BCUT2D eigenvalue weighted by Gasteiger charge is -2.39. The zero-order valence-electron chi connectivity index (χ0n) is 14.5. The average molecular weight is 397 g/mol. The first-order chi connectivity index (χ1) is 11.3. The van der Waals surface area contributed by atoms with Crippen molar-refractivity contribution in [3.8, 4) is 0 Å². The van der Waals surface area contributed by atoms with Crippen LogP contribution in [-0.2, 0) is 11.3 Å². The Kier molecular flexibility index (Phi) is 5.11. The molecule has 2 aliphatic heterocycles. The number of ether oxygens (including phenoxy) is 1. The molecular formula is C17H25BrN4O2. The Labute approximate surface area is 151 Å². The van der Waals surface area contributed by atoms with Crippen LogP contribution in [0.2, 0.25) is 0 Å². The van der Waals surface area contributed by atoms with Crippen molar-refractivity contribution >= 4 is 22.0 Å². The van der Waals surface area contributed by atoms with Gasteiger partial charge in [-0.15, -0.1) is 5.10 Å². The van der Waals surface area contributed by atoms with E-state index in [0.717, 1.165) is 36.0 Å². The van der Waals surface area contributed by atoms with Crippen LogP contribution in [0.4, 0.5) is 4.79 Å². The summed E-state index contributed by atoms with van der Waals surface area (Å²) in [4.78, 5) is 14.4. The normalized spacial score (nSPS) is 26.5. The van der Waals surface area contributed by atoms with Crippen molar-refractivity contribution < 1.29 is 9.53 Å². The molecule has 132 valence electrons. The third-order valence-electron chi connectivity index (χ3n) is 4.60. The van der Waals surface area contributed by atoms with Crippen molar-refractivity contribution in [2.45, 2.75) is 76.7 Å². The van der Waals surface area contributed by atoms with Gasteiger partial charge in [-0.25, -0.2) is 4.79 Å². The van der Waals surface area contributed by atoms with Crippen molar-refractivity contribution in [2.75, 3.05) is 0 Å². The van der Waals surface area contributed by atoms with E-state index in [2.05, 4.69) is 31.4 Å². The van der Waals surface area contributed by atoms with Crippen LogP contribution in [0.15, 0.2) is 16.7 Å². The van der Waals surface area contributed by atoms with Crippen LogP contribution in [0, 0.1) is 0 Å². The fraction of sp³-hybridized carbons (Fsp3) is 0.706. The van der Waals surface area contributed by atoms with Crippen LogP contribution in [0.1, 0.15) is 52.1 Å². The van der Waals surface area contributed by atoms with E-state index in [4.69, 9.17) is 4.74 Å². The number of halogens is 1. The first-order valence-electron chi connectivity index (χ1n) is 8.54. The number of hydrogen-bond donors (Lipinski definition) is 1. The molecule has 2 fully saturated rings. The quantitative estimate of drug-likeness (QED) is 0.848. The van der Waals surface area contributed by atoms with Crippen molar-refractivity contribution in [1.82, 2.24) is 20.4 Å². The summed E-state index contributed by atoms with van der Waals surface area (Å²) < 4.78 is 6.32. The molecule has 6 nitrogen and oxygen atoms in total. The van der Waals surface area contributed by atoms with Gasteiger partial charge in [-0.2, -0.15) is 5.10 Å². The van der Waals surface area contributed by atoms with Gasteiger partial charge in [-0.1, -0.05) is 0 Å². The van der Waals surface area contributed by atoms with Crippen molar-refractivity contribution in [1.29, 1.82) is 0 Å². The molecule has 2 unspecified atom stereocenters. The maximum atomic E-state index is 12.5. The van der Waals surface area contributed by atoms with Gasteiger partial charge in [-0.05, 0) is 74.5 Å². The number of nitrogens with one attached hydrogen (secondary N) is 1. The minimum atomic E-state index is -0.439. The maximum Gasteiger partial charge on any atom is 0.410 e. The number of nitrogens with zero attached hydrogens (tertiary/aromatic N) is 3. The molecular weight excluding hydrogens is 372 g/mol. The molecule has 7 heteroatoms. The summed E-state index contributed by atoms with van der Waals surface area (Å²) >= 11 is 3.29. The maximum absolute atomic E-state index is 12.5. The molecule has 1 N–H and O–H groups in total. The third kappa shape index (κ3) is 4.25. The fourth-order valence-electron chi connectivity index (χ4n) is 3.64. The molecule has 3 heterocycles. The van der Waals surface area contributed by atoms with Gasteiger partial charge in [0.25, 0.3) is 0 Å². The van der Waals surface area contributed by atoms with Gasteiger partial charge in [0.05, 0.1) is 5.69 Å². The zero-order chi connectivity index (χ0) is 17.3. The molecule has 2 aliphatic rings. The Morgan fingerprint density at radius 3 is 2.50 bits per heavy atom. The largest absolute Gasteiger partial charge is 0.444 e. The second-order valence-electron chi connectivity index (χ2n) is 7.67. The van der Waals surface area contributed by atoms with E-state index in [9.17, 15) is 4.79 Å². The Hall–Kier alpha value is -1.21. The average Bonchev–Trinajstić information content (AvgIpc) is 2.76. The molecule has 2 saturated heterocycles. The van der Waals surface area contributed by atoms with E-state index < -0.39 is 5.60 Å². The molecule has 0 spiro atoms. The standard InChI is InChI=1S/C17H25BrN4O2/c1-17(2,3)24-16(23)22-13-5-6-14(22)9-12(8-13)19-10-11-4-7-15(18)21-20-11/h4,7,12-14,19H,5-6,8-10H2,1-3H3. The van der Waals surface area contributed by atoms with Crippen molar-refractivity contribution in [3.63, 3.8) is 0 Å². The summed E-state index contributed by atoms with van der Waals surface area (Å²) in [6.07, 6.45) is 3.92. The number of amides is 1. The van der Waals surface area contributed by atoms with E-state index in [1.165, 1.54) is 0 Å². The third-order valence-corrected chi connectivity index (χ3v) is 5.02. The van der Waals surface area contributed by atoms with Crippen LogP contribution in [-0.4, -0.2) is 44.9 Å². The minimum absolute atomic E-state index is 0.160. The SMILES string of the molecule is CC(C)(C)OC(=O)N1C2CCC1CC(NCc1ccc(Br)nn1)C2. The minimum Gasteiger partial charge on any atom is -0.444 e. The summed E-state index contributed by atoms with van der Waals surface area (Å²) in [5.41, 5.74) is 0.492. The summed E-state index contributed by atoms with van der Waals surface area (Å²) in [7, 11) is 0. The number of rotatable bonds is 3. The van der Waals surface area contributed by atoms with Crippen LogP contribution < -0.4 is 5.32 Å². The van der Waals surface area contributed by atoms with Gasteiger partial charge >= 0.3 is 6.09 Å². The van der Waals surface area contributed by atoms with Gasteiger partial charge in [0, 0.05) is 24.7 Å². The van der Waals surface area contributed by atoms with Crippen molar-refractivity contribution in [3.05, 3.63) is 22.4 Å². The van der Waals surface area contributed by atoms with E-state index in [0.29, 0.717) is 12.6 Å². The van der Waals surface area contributed by atoms with Gasteiger partial charge in [0.15, 0.2) is 0 Å². The number of hydrogen-bond acceptors (Lipinski definition) is 5. The Bertz CT molecular complexity index is 573. The lowest BCUT2D eigenvalue weighted by molar-refractivity contribution is 0.00464. The first-order valence-corrected chi connectivity index (χ1v) is 9.34. The number of carbonyl (C=O) groups excluding carboxylic acids is 1. The molecule has 1 aromatic heterocycles. The molecule has 2 bridgehead atoms. The first kappa shape index (κ1) is 17.6. The second-order valence-corrected chi connectivity index (χ2v) is 8.48. The highest BCUT2D eigenvalue weighted by Gasteiger charge is 2.44.